The number of carbonyl (C=O) groups excluding carboxylic acids is 2. The molecule has 110 valence electrons. The molecule has 0 radical (unpaired) electrons. The predicted molar refractivity (Wildman–Crippen MR) is 69.6 cm³/mol. The first kappa shape index (κ1) is 13.6. The molecule has 0 bridgehead atoms. The van der Waals surface area contributed by atoms with Crippen molar-refractivity contribution in [3.63, 3.8) is 0 Å². The molecule has 1 spiro atoms. The van der Waals surface area contributed by atoms with Crippen molar-refractivity contribution in [1.82, 2.24) is 0 Å². The molecule has 3 rings (SSSR count). The quantitative estimate of drug-likeness (QED) is 0.535. The maximum absolute atomic E-state index is 11.7. The molecule has 0 unspecified atom stereocenters. The smallest absolute Gasteiger partial charge is 0.334 e. The lowest BCUT2D eigenvalue weighted by atomic mass is 9.70. The van der Waals surface area contributed by atoms with Gasteiger partial charge in [0.15, 0.2) is 0 Å². The van der Waals surface area contributed by atoms with Crippen molar-refractivity contribution >= 4 is 11.9 Å². The molecule has 2 saturated heterocycles. The molecule has 1 N–H and O–H groups in total. The van der Waals surface area contributed by atoms with Crippen LogP contribution in [0.25, 0.3) is 0 Å². The minimum Gasteiger partial charge on any atom is -0.456 e. The van der Waals surface area contributed by atoms with Crippen LogP contribution in [0, 0.1) is 11.8 Å². The van der Waals surface area contributed by atoms with E-state index >= 15 is 0 Å². The van der Waals surface area contributed by atoms with Gasteiger partial charge in [0, 0.05) is 24.3 Å². The van der Waals surface area contributed by atoms with E-state index in [1.54, 1.807) is 6.92 Å². The summed E-state index contributed by atoms with van der Waals surface area (Å²) in [6.07, 6.45) is 1.56. The van der Waals surface area contributed by atoms with Crippen molar-refractivity contribution in [2.75, 3.05) is 0 Å². The minimum absolute atomic E-state index is 0.0149. The van der Waals surface area contributed by atoms with Crippen LogP contribution in [0.2, 0.25) is 0 Å². The Labute approximate surface area is 117 Å². The predicted octanol–water partition coefficient (Wildman–Crippen LogP) is 1.34. The maximum atomic E-state index is 11.7. The molecule has 1 saturated carbocycles. The lowest BCUT2D eigenvalue weighted by Gasteiger charge is -2.46. The summed E-state index contributed by atoms with van der Waals surface area (Å²) in [7, 11) is 0. The second kappa shape index (κ2) is 4.07. The lowest BCUT2D eigenvalue weighted by molar-refractivity contribution is -0.219. The van der Waals surface area contributed by atoms with E-state index in [9.17, 15) is 14.7 Å². The van der Waals surface area contributed by atoms with Gasteiger partial charge in [-0.15, -0.1) is 0 Å². The fourth-order valence-corrected chi connectivity index (χ4v) is 4.14. The Morgan fingerprint density at radius 3 is 2.65 bits per heavy atom. The highest BCUT2D eigenvalue weighted by atomic mass is 16.6. The molecular weight excluding hydrogens is 260 g/mol. The van der Waals surface area contributed by atoms with Crippen LogP contribution in [0.4, 0.5) is 0 Å². The number of fused-ring (bicyclic) bond motifs is 1. The van der Waals surface area contributed by atoms with E-state index in [0.29, 0.717) is 24.8 Å². The van der Waals surface area contributed by atoms with Crippen LogP contribution < -0.4 is 0 Å². The third-order valence-electron chi connectivity index (χ3n) is 5.42. The van der Waals surface area contributed by atoms with Gasteiger partial charge in [-0.1, -0.05) is 13.5 Å². The second-order valence-electron chi connectivity index (χ2n) is 6.45. The van der Waals surface area contributed by atoms with Crippen LogP contribution in [0.5, 0.6) is 0 Å². The number of carbonyl (C=O) groups is 2. The Kier molecular flexibility index (Phi) is 2.77. The number of ether oxygens (including phenoxy) is 2. The normalized spacial score (nSPS) is 48.0. The van der Waals surface area contributed by atoms with Gasteiger partial charge in [0.05, 0.1) is 0 Å². The van der Waals surface area contributed by atoms with Gasteiger partial charge in [0.2, 0.25) is 0 Å². The van der Waals surface area contributed by atoms with Crippen molar-refractivity contribution in [3.05, 3.63) is 12.2 Å². The summed E-state index contributed by atoms with van der Waals surface area (Å²) < 4.78 is 10.9. The molecule has 0 aromatic carbocycles. The summed E-state index contributed by atoms with van der Waals surface area (Å²) in [6.45, 7) is 7.40. The zero-order valence-corrected chi connectivity index (χ0v) is 11.8. The zero-order valence-electron chi connectivity index (χ0n) is 11.8. The zero-order chi connectivity index (χ0) is 14.7. The number of aliphatic hydroxyl groups is 1. The fourth-order valence-electron chi connectivity index (χ4n) is 4.14. The maximum Gasteiger partial charge on any atom is 0.334 e. The summed E-state index contributed by atoms with van der Waals surface area (Å²) in [5, 5.41) is 11.1. The monoisotopic (exact) mass is 280 g/mol. The molecule has 3 aliphatic rings. The van der Waals surface area contributed by atoms with Crippen molar-refractivity contribution in [2.24, 2.45) is 11.8 Å². The molecule has 20 heavy (non-hydrogen) atoms. The van der Waals surface area contributed by atoms with Gasteiger partial charge in [-0.3, -0.25) is 4.79 Å². The molecule has 1 aliphatic carbocycles. The molecule has 0 amide bonds. The Morgan fingerprint density at radius 2 is 2.05 bits per heavy atom. The Hall–Kier alpha value is -1.36. The number of esters is 2. The minimum atomic E-state index is -1.39. The van der Waals surface area contributed by atoms with Gasteiger partial charge in [0.1, 0.15) is 17.3 Å². The molecule has 5 atom stereocenters. The van der Waals surface area contributed by atoms with Crippen molar-refractivity contribution in [2.45, 2.75) is 56.8 Å². The Morgan fingerprint density at radius 1 is 1.35 bits per heavy atom. The van der Waals surface area contributed by atoms with E-state index in [1.807, 2.05) is 6.92 Å². The Balaban J connectivity index is 2.06. The highest BCUT2D eigenvalue weighted by Gasteiger charge is 2.66. The van der Waals surface area contributed by atoms with Gasteiger partial charge in [-0.2, -0.15) is 0 Å². The van der Waals surface area contributed by atoms with E-state index in [0.717, 1.165) is 6.42 Å². The molecule has 3 fully saturated rings. The fraction of sp³-hybridized carbons (Fsp3) is 0.733. The van der Waals surface area contributed by atoms with Gasteiger partial charge in [-0.25, -0.2) is 4.79 Å². The van der Waals surface area contributed by atoms with Gasteiger partial charge in [-0.05, 0) is 25.7 Å². The Bertz CT molecular complexity index is 494. The molecule has 2 aliphatic heterocycles. The third-order valence-corrected chi connectivity index (χ3v) is 5.42. The van der Waals surface area contributed by atoms with Gasteiger partial charge in [0.25, 0.3) is 0 Å². The van der Waals surface area contributed by atoms with Crippen LogP contribution in [0.15, 0.2) is 12.2 Å². The lowest BCUT2D eigenvalue weighted by Crippen LogP contribution is -2.62. The van der Waals surface area contributed by atoms with Gasteiger partial charge < -0.3 is 14.6 Å². The van der Waals surface area contributed by atoms with Crippen LogP contribution in [-0.2, 0) is 19.1 Å². The van der Waals surface area contributed by atoms with Crippen LogP contribution in [-0.4, -0.2) is 34.4 Å². The summed E-state index contributed by atoms with van der Waals surface area (Å²) in [5.41, 5.74) is -1.94. The van der Waals surface area contributed by atoms with E-state index < -0.39 is 23.3 Å². The van der Waals surface area contributed by atoms with E-state index in [1.165, 1.54) is 0 Å². The molecule has 2 heterocycles. The first-order chi connectivity index (χ1) is 9.29. The van der Waals surface area contributed by atoms with E-state index in [4.69, 9.17) is 9.47 Å². The van der Waals surface area contributed by atoms with Crippen molar-refractivity contribution in [3.8, 4) is 0 Å². The highest BCUT2D eigenvalue weighted by molar-refractivity contribution is 5.91. The first-order valence-corrected chi connectivity index (χ1v) is 7.13. The molecule has 0 aromatic rings. The molecule has 0 aromatic heterocycles. The average molecular weight is 280 g/mol. The van der Waals surface area contributed by atoms with E-state index in [-0.39, 0.29) is 17.8 Å². The third kappa shape index (κ3) is 1.53. The molecule has 5 heteroatoms. The number of hydrogen-bond acceptors (Lipinski definition) is 5. The average Bonchev–Trinajstić information content (AvgIpc) is 2.89. The second-order valence-corrected chi connectivity index (χ2v) is 6.45. The number of rotatable bonds is 0. The number of hydrogen-bond donors (Lipinski definition) is 1. The van der Waals surface area contributed by atoms with Crippen molar-refractivity contribution in [1.29, 1.82) is 0 Å². The van der Waals surface area contributed by atoms with Crippen LogP contribution in [0.1, 0.15) is 39.5 Å². The standard InChI is InChI=1S/C15H20O5/c1-8-4-5-10-9(2)13(17)19-12(10)14(3,18)15(8)7-6-11(16)20-15/h8,10,12,18H,2,4-7H2,1,3H3/t8-,10-,12-,14+,15+/m0/s1. The highest BCUT2D eigenvalue weighted by Crippen LogP contribution is 2.53. The summed E-state index contributed by atoms with van der Waals surface area (Å²) >= 11 is 0. The van der Waals surface area contributed by atoms with E-state index in [2.05, 4.69) is 6.58 Å². The summed E-state index contributed by atoms with van der Waals surface area (Å²) in [4.78, 5) is 23.4. The van der Waals surface area contributed by atoms with Crippen molar-refractivity contribution < 1.29 is 24.2 Å². The largest absolute Gasteiger partial charge is 0.456 e. The first-order valence-electron chi connectivity index (χ1n) is 7.13. The molecule has 5 nitrogen and oxygen atoms in total. The van der Waals surface area contributed by atoms with Gasteiger partial charge >= 0.3 is 11.9 Å². The SMILES string of the molecule is C=C1C(=O)O[C@H]2[C@H]1CC[C@H](C)[C@]1(CCC(=O)O1)[C@]2(C)O. The van der Waals surface area contributed by atoms with Crippen LogP contribution in [0.3, 0.4) is 0 Å². The summed E-state index contributed by atoms with van der Waals surface area (Å²) in [6, 6.07) is 0. The summed E-state index contributed by atoms with van der Waals surface area (Å²) in [5.74, 6) is -0.923. The van der Waals surface area contributed by atoms with Crippen LogP contribution >= 0.6 is 0 Å². The topological polar surface area (TPSA) is 72.8 Å². The molecular formula is C15H20O5.